The first-order valence-corrected chi connectivity index (χ1v) is 10.1. The van der Waals surface area contributed by atoms with Crippen LogP contribution in [0.4, 0.5) is 11.6 Å². The van der Waals surface area contributed by atoms with Gasteiger partial charge < -0.3 is 15.6 Å². The molecule has 152 valence electrons. The van der Waals surface area contributed by atoms with Crippen LogP contribution in [0.3, 0.4) is 0 Å². The number of hydrogen-bond donors (Lipinski definition) is 3. The molecule has 4 rings (SSSR count). The number of aromatic amines is 1. The number of H-pyrrole nitrogens is 1. The number of rotatable bonds is 7. The fourth-order valence-electron chi connectivity index (χ4n) is 3.34. The smallest absolute Gasteiger partial charge is 0.258 e. The van der Waals surface area contributed by atoms with Gasteiger partial charge in [0.25, 0.3) is 5.91 Å². The van der Waals surface area contributed by atoms with Gasteiger partial charge in [-0.15, -0.1) is 0 Å². The molecule has 0 unspecified atom stereocenters. The van der Waals surface area contributed by atoms with Crippen molar-refractivity contribution < 1.29 is 4.79 Å². The van der Waals surface area contributed by atoms with E-state index in [1.54, 1.807) is 12.4 Å². The van der Waals surface area contributed by atoms with Gasteiger partial charge >= 0.3 is 0 Å². The third-order valence-electron chi connectivity index (χ3n) is 5.10. The lowest BCUT2D eigenvalue weighted by atomic mass is 10.0. The Morgan fingerprint density at radius 1 is 1.03 bits per heavy atom. The van der Waals surface area contributed by atoms with Crippen LogP contribution in [-0.4, -0.2) is 27.4 Å². The molecule has 0 aliphatic heterocycles. The summed E-state index contributed by atoms with van der Waals surface area (Å²) in [4.78, 5) is 24.2. The van der Waals surface area contributed by atoms with Gasteiger partial charge in [-0.05, 0) is 41.7 Å². The number of carbonyl (C=O) groups is 1. The molecule has 1 amide bonds. The van der Waals surface area contributed by atoms with Crippen molar-refractivity contribution in [1.29, 1.82) is 0 Å². The number of aromatic nitrogens is 3. The van der Waals surface area contributed by atoms with Gasteiger partial charge in [-0.1, -0.05) is 44.2 Å². The third-order valence-corrected chi connectivity index (χ3v) is 5.10. The van der Waals surface area contributed by atoms with Crippen LogP contribution in [0.15, 0.2) is 67.1 Å². The van der Waals surface area contributed by atoms with Crippen LogP contribution < -0.4 is 10.6 Å². The van der Waals surface area contributed by atoms with Crippen LogP contribution in [0, 0.1) is 0 Å². The Morgan fingerprint density at radius 2 is 1.77 bits per heavy atom. The van der Waals surface area contributed by atoms with E-state index in [0.717, 1.165) is 17.6 Å². The third kappa shape index (κ3) is 4.49. The van der Waals surface area contributed by atoms with Gasteiger partial charge in [0.05, 0.1) is 5.56 Å². The quantitative estimate of drug-likeness (QED) is 0.409. The number of benzene rings is 2. The number of fused-ring (bicyclic) bond motifs is 1. The molecule has 2 aromatic heterocycles. The minimum atomic E-state index is -0.224. The van der Waals surface area contributed by atoms with Gasteiger partial charge in [0.2, 0.25) is 5.95 Å². The van der Waals surface area contributed by atoms with Crippen LogP contribution in [0.5, 0.6) is 0 Å². The molecule has 0 radical (unpaired) electrons. The van der Waals surface area contributed by atoms with Crippen molar-refractivity contribution in [3.05, 3.63) is 83.8 Å². The van der Waals surface area contributed by atoms with Gasteiger partial charge in [0.15, 0.2) is 0 Å². The van der Waals surface area contributed by atoms with E-state index in [2.05, 4.69) is 51.6 Å². The van der Waals surface area contributed by atoms with E-state index in [-0.39, 0.29) is 5.91 Å². The summed E-state index contributed by atoms with van der Waals surface area (Å²) in [7, 11) is 0. The van der Waals surface area contributed by atoms with Gasteiger partial charge in [-0.3, -0.25) is 4.79 Å². The number of anilines is 2. The molecule has 4 aromatic rings. The SMILES string of the molecule is CC(C)c1ccc(NC(=O)c2cnc(NCCc3c[nH]c4ccccc34)nc2)cc1. The minimum Gasteiger partial charge on any atom is -0.361 e. The fraction of sp³-hybridized carbons (Fsp3) is 0.208. The van der Waals surface area contributed by atoms with E-state index in [9.17, 15) is 4.79 Å². The Morgan fingerprint density at radius 3 is 2.50 bits per heavy atom. The van der Waals surface area contributed by atoms with E-state index in [1.165, 1.54) is 16.5 Å². The summed E-state index contributed by atoms with van der Waals surface area (Å²) in [6.07, 6.45) is 5.97. The van der Waals surface area contributed by atoms with Gasteiger partial charge in [0, 0.05) is 41.7 Å². The summed E-state index contributed by atoms with van der Waals surface area (Å²) < 4.78 is 0. The number of carbonyl (C=O) groups excluding carboxylic acids is 1. The van der Waals surface area contributed by atoms with Crippen molar-refractivity contribution in [2.24, 2.45) is 0 Å². The normalized spacial score (nSPS) is 11.0. The molecule has 0 atom stereocenters. The lowest BCUT2D eigenvalue weighted by Gasteiger charge is -2.09. The number of amides is 1. The second-order valence-corrected chi connectivity index (χ2v) is 7.56. The summed E-state index contributed by atoms with van der Waals surface area (Å²) in [6.45, 7) is 4.98. The van der Waals surface area contributed by atoms with E-state index < -0.39 is 0 Å². The monoisotopic (exact) mass is 399 g/mol. The molecule has 6 heteroatoms. The molecule has 2 aromatic carbocycles. The topological polar surface area (TPSA) is 82.7 Å². The van der Waals surface area contributed by atoms with Crippen LogP contribution in [0.2, 0.25) is 0 Å². The summed E-state index contributed by atoms with van der Waals surface area (Å²) in [5.41, 5.74) is 4.80. The van der Waals surface area contributed by atoms with Crippen LogP contribution in [0.25, 0.3) is 10.9 Å². The summed E-state index contributed by atoms with van der Waals surface area (Å²) in [5.74, 6) is 0.740. The highest BCUT2D eigenvalue weighted by molar-refractivity contribution is 6.03. The van der Waals surface area contributed by atoms with Gasteiger partial charge in [-0.2, -0.15) is 0 Å². The number of nitrogens with one attached hydrogen (secondary N) is 3. The Kier molecular flexibility index (Phi) is 5.75. The molecule has 0 aliphatic carbocycles. The van der Waals surface area contributed by atoms with Crippen molar-refractivity contribution in [3.63, 3.8) is 0 Å². The zero-order chi connectivity index (χ0) is 20.9. The first kappa shape index (κ1) is 19.6. The lowest BCUT2D eigenvalue weighted by Crippen LogP contribution is -2.14. The molecular weight excluding hydrogens is 374 g/mol. The van der Waals surface area contributed by atoms with Crippen LogP contribution in [-0.2, 0) is 6.42 Å². The number of para-hydroxylation sites is 1. The summed E-state index contributed by atoms with van der Waals surface area (Å²) in [5, 5.41) is 7.32. The highest BCUT2D eigenvalue weighted by atomic mass is 16.1. The molecule has 0 bridgehead atoms. The van der Waals surface area contributed by atoms with Crippen LogP contribution in [0.1, 0.15) is 41.3 Å². The van der Waals surface area contributed by atoms with Gasteiger partial charge in [-0.25, -0.2) is 9.97 Å². The lowest BCUT2D eigenvalue weighted by molar-refractivity contribution is 0.102. The van der Waals surface area contributed by atoms with Crippen molar-refractivity contribution in [2.75, 3.05) is 17.2 Å². The van der Waals surface area contributed by atoms with Crippen LogP contribution >= 0.6 is 0 Å². The molecule has 0 saturated heterocycles. The molecule has 0 saturated carbocycles. The number of hydrogen-bond acceptors (Lipinski definition) is 4. The maximum Gasteiger partial charge on any atom is 0.258 e. The molecule has 30 heavy (non-hydrogen) atoms. The molecule has 3 N–H and O–H groups in total. The zero-order valence-corrected chi connectivity index (χ0v) is 17.1. The Bertz CT molecular complexity index is 1130. The number of nitrogens with zero attached hydrogens (tertiary/aromatic N) is 2. The average molecular weight is 399 g/mol. The first-order chi connectivity index (χ1) is 14.6. The van der Waals surface area contributed by atoms with Crippen molar-refractivity contribution in [1.82, 2.24) is 15.0 Å². The standard InChI is InChI=1S/C24H25N5O/c1-16(2)17-7-9-20(10-8-17)29-23(30)19-14-27-24(28-15-19)25-12-11-18-13-26-22-6-4-3-5-21(18)22/h3-10,13-16,26H,11-12H2,1-2H3,(H,29,30)(H,25,27,28). The Labute approximate surface area is 175 Å². The van der Waals surface area contributed by atoms with Crippen molar-refractivity contribution in [2.45, 2.75) is 26.2 Å². The second-order valence-electron chi connectivity index (χ2n) is 7.56. The Hall–Kier alpha value is -3.67. The first-order valence-electron chi connectivity index (χ1n) is 10.1. The Balaban J connectivity index is 1.31. The molecular formula is C24H25N5O. The maximum atomic E-state index is 12.4. The minimum absolute atomic E-state index is 0.224. The molecule has 0 fully saturated rings. The molecule has 2 heterocycles. The summed E-state index contributed by atoms with van der Waals surface area (Å²) in [6, 6.07) is 16.1. The highest BCUT2D eigenvalue weighted by Gasteiger charge is 2.09. The molecule has 0 spiro atoms. The molecule has 6 nitrogen and oxygen atoms in total. The fourth-order valence-corrected chi connectivity index (χ4v) is 3.34. The van der Waals surface area contributed by atoms with E-state index in [0.29, 0.717) is 24.0 Å². The maximum absolute atomic E-state index is 12.4. The average Bonchev–Trinajstić information content (AvgIpc) is 3.18. The predicted octanol–water partition coefficient (Wildman–Crippen LogP) is 4.99. The zero-order valence-electron chi connectivity index (χ0n) is 17.1. The predicted molar refractivity (Wildman–Crippen MR) is 121 cm³/mol. The highest BCUT2D eigenvalue weighted by Crippen LogP contribution is 2.19. The van der Waals surface area contributed by atoms with Crippen molar-refractivity contribution in [3.8, 4) is 0 Å². The second kappa shape index (κ2) is 8.78. The van der Waals surface area contributed by atoms with Crippen molar-refractivity contribution >= 4 is 28.4 Å². The largest absolute Gasteiger partial charge is 0.361 e. The summed E-state index contributed by atoms with van der Waals surface area (Å²) >= 11 is 0. The van der Waals surface area contributed by atoms with E-state index >= 15 is 0 Å². The van der Waals surface area contributed by atoms with E-state index in [4.69, 9.17) is 0 Å². The molecule has 0 aliphatic rings. The van der Waals surface area contributed by atoms with Gasteiger partial charge in [0.1, 0.15) is 0 Å². The van der Waals surface area contributed by atoms with E-state index in [1.807, 2.05) is 42.6 Å².